The van der Waals surface area contributed by atoms with Crippen molar-refractivity contribution in [2.24, 2.45) is 0 Å². The van der Waals surface area contributed by atoms with Crippen LogP contribution in [0.4, 0.5) is 11.4 Å². The van der Waals surface area contributed by atoms with Gasteiger partial charge in [-0.2, -0.15) is 0 Å². The van der Waals surface area contributed by atoms with Gasteiger partial charge in [0, 0.05) is 22.6 Å². The largest absolute Gasteiger partial charge is 0.454 e. The van der Waals surface area contributed by atoms with E-state index in [0.717, 1.165) is 27.3 Å². The van der Waals surface area contributed by atoms with Crippen molar-refractivity contribution in [1.82, 2.24) is 0 Å². The van der Waals surface area contributed by atoms with E-state index in [4.69, 9.17) is 10.5 Å². The highest BCUT2D eigenvalue weighted by molar-refractivity contribution is 8.00. The zero-order valence-corrected chi connectivity index (χ0v) is 22.1. The van der Waals surface area contributed by atoms with Crippen molar-refractivity contribution in [3.63, 3.8) is 0 Å². The average molecular weight is 549 g/mol. The molecule has 1 heterocycles. The number of anilines is 2. The van der Waals surface area contributed by atoms with Crippen molar-refractivity contribution in [1.29, 1.82) is 0 Å². The summed E-state index contributed by atoms with van der Waals surface area (Å²) >= 11 is 1.30. The van der Waals surface area contributed by atoms with E-state index in [1.54, 1.807) is 24.3 Å². The van der Waals surface area contributed by atoms with Crippen LogP contribution in [-0.2, 0) is 20.7 Å². The molecule has 198 valence electrons. The van der Waals surface area contributed by atoms with Crippen molar-refractivity contribution < 1.29 is 23.9 Å². The number of rotatable bonds is 7. The van der Waals surface area contributed by atoms with E-state index in [9.17, 15) is 19.2 Å². The van der Waals surface area contributed by atoms with Crippen LogP contribution in [-0.4, -0.2) is 35.4 Å². The third-order valence-electron chi connectivity index (χ3n) is 7.05. The maximum atomic E-state index is 13.0. The van der Waals surface area contributed by atoms with Crippen LogP contribution >= 0.6 is 11.8 Å². The predicted molar refractivity (Wildman–Crippen MR) is 153 cm³/mol. The molecule has 0 unspecified atom stereocenters. The number of ether oxygens (including phenoxy) is 1. The molecule has 4 aromatic carbocycles. The van der Waals surface area contributed by atoms with E-state index in [1.807, 2.05) is 30.3 Å². The molecule has 1 saturated heterocycles. The number of Topliss-reactive ketones (excluding diaryl/α,β-unsaturated/α-hetero) is 1. The fourth-order valence-corrected chi connectivity index (χ4v) is 6.20. The second-order valence-electron chi connectivity index (χ2n) is 9.70. The van der Waals surface area contributed by atoms with Gasteiger partial charge in [0.05, 0.1) is 16.5 Å². The van der Waals surface area contributed by atoms with Crippen molar-refractivity contribution in [3.05, 3.63) is 113 Å². The number of carbonyl (C=O) groups is 4. The Morgan fingerprint density at radius 1 is 0.850 bits per heavy atom. The Morgan fingerprint density at radius 3 is 2.40 bits per heavy atom. The molecular weight excluding hydrogens is 524 g/mol. The highest BCUT2D eigenvalue weighted by atomic mass is 32.2. The summed E-state index contributed by atoms with van der Waals surface area (Å²) in [6.45, 7) is -0.391. The van der Waals surface area contributed by atoms with E-state index in [1.165, 1.54) is 47.2 Å². The van der Waals surface area contributed by atoms with Gasteiger partial charge in [-0.25, -0.2) is 9.69 Å². The van der Waals surface area contributed by atoms with Gasteiger partial charge in [-0.15, -0.1) is 11.8 Å². The zero-order chi connectivity index (χ0) is 27.8. The van der Waals surface area contributed by atoms with Gasteiger partial charge in [-0.1, -0.05) is 42.5 Å². The molecule has 1 aliphatic carbocycles. The molecule has 1 fully saturated rings. The van der Waals surface area contributed by atoms with E-state index >= 15 is 0 Å². The number of imide groups is 1. The monoisotopic (exact) mass is 548 g/mol. The minimum absolute atomic E-state index is 0.0684. The minimum Gasteiger partial charge on any atom is -0.454 e. The highest BCUT2D eigenvalue weighted by Crippen LogP contribution is 2.37. The van der Waals surface area contributed by atoms with E-state index in [0.29, 0.717) is 16.9 Å². The Kier molecular flexibility index (Phi) is 6.69. The van der Waals surface area contributed by atoms with Gasteiger partial charge in [0.1, 0.15) is 0 Å². The second-order valence-corrected chi connectivity index (χ2v) is 11.0. The number of benzene rings is 4. The summed E-state index contributed by atoms with van der Waals surface area (Å²) in [6, 6.07) is 26.9. The Balaban J connectivity index is 1.07. The SMILES string of the molecule is Nc1cccc(S[C@@H]2CC(=O)N(c3ccc(C(=O)OCC(=O)c4ccc5c(c4)Cc4ccccc4-5)cc3)C2=O)c1. The van der Waals surface area contributed by atoms with E-state index in [-0.39, 0.29) is 29.6 Å². The molecule has 6 rings (SSSR count). The first-order valence-electron chi connectivity index (χ1n) is 12.8. The molecule has 1 aliphatic heterocycles. The number of esters is 1. The summed E-state index contributed by atoms with van der Waals surface area (Å²) in [7, 11) is 0. The number of amides is 2. The third-order valence-corrected chi connectivity index (χ3v) is 8.23. The lowest BCUT2D eigenvalue weighted by molar-refractivity contribution is -0.121. The van der Waals surface area contributed by atoms with Gasteiger partial charge < -0.3 is 10.5 Å². The molecule has 0 spiro atoms. The Bertz CT molecular complexity index is 1680. The van der Waals surface area contributed by atoms with Gasteiger partial charge in [-0.05, 0) is 77.2 Å². The van der Waals surface area contributed by atoms with Crippen LogP contribution in [0, 0.1) is 0 Å². The van der Waals surface area contributed by atoms with Crippen LogP contribution in [0.25, 0.3) is 11.1 Å². The van der Waals surface area contributed by atoms with Crippen LogP contribution in [0.2, 0.25) is 0 Å². The molecule has 0 saturated carbocycles. The number of carbonyl (C=O) groups excluding carboxylic acids is 4. The predicted octanol–water partition coefficient (Wildman–Crippen LogP) is 5.30. The molecule has 7 nitrogen and oxygen atoms in total. The van der Waals surface area contributed by atoms with Gasteiger partial charge in [-0.3, -0.25) is 14.4 Å². The summed E-state index contributed by atoms with van der Waals surface area (Å²) in [4.78, 5) is 53.0. The lowest BCUT2D eigenvalue weighted by Crippen LogP contribution is -2.31. The normalized spacial score (nSPS) is 15.6. The maximum Gasteiger partial charge on any atom is 0.338 e. The fourth-order valence-electron chi connectivity index (χ4n) is 5.08. The van der Waals surface area contributed by atoms with E-state index in [2.05, 4.69) is 12.1 Å². The number of nitrogen functional groups attached to an aromatic ring is 1. The minimum atomic E-state index is -0.664. The summed E-state index contributed by atoms with van der Waals surface area (Å²) in [6.07, 6.45) is 0.833. The van der Waals surface area contributed by atoms with Crippen LogP contribution in [0.1, 0.15) is 38.3 Å². The fraction of sp³-hybridized carbons (Fsp3) is 0.125. The number of ketones is 1. The highest BCUT2D eigenvalue weighted by Gasteiger charge is 2.40. The first kappa shape index (κ1) is 25.6. The molecule has 4 aromatic rings. The van der Waals surface area contributed by atoms with Crippen LogP contribution in [0.3, 0.4) is 0 Å². The van der Waals surface area contributed by atoms with Crippen molar-refractivity contribution in [2.75, 3.05) is 17.2 Å². The van der Waals surface area contributed by atoms with Gasteiger partial charge in [0.25, 0.3) is 0 Å². The third kappa shape index (κ3) is 4.89. The first-order valence-corrected chi connectivity index (χ1v) is 13.7. The van der Waals surface area contributed by atoms with Crippen molar-refractivity contribution >= 4 is 46.7 Å². The topological polar surface area (TPSA) is 107 Å². The standard InChI is InChI=1S/C32H24N2O5S/c33-23-5-3-6-25(16-23)40-29-17-30(36)34(31(29)37)24-11-8-19(9-12-24)32(38)39-18-28(35)21-10-13-27-22(15-21)14-20-4-1-2-7-26(20)27/h1-13,15-16,29H,14,17-18,33H2/t29-/m1/s1. The smallest absolute Gasteiger partial charge is 0.338 e. The molecule has 0 bridgehead atoms. The van der Waals surface area contributed by atoms with Crippen LogP contribution in [0.15, 0.2) is 95.9 Å². The molecule has 8 heteroatoms. The van der Waals surface area contributed by atoms with Crippen molar-refractivity contribution in [3.8, 4) is 11.1 Å². The molecule has 1 atom stereocenters. The first-order chi connectivity index (χ1) is 19.4. The number of hydrogen-bond acceptors (Lipinski definition) is 7. The molecule has 0 radical (unpaired) electrons. The lowest BCUT2D eigenvalue weighted by atomic mass is 10.0. The summed E-state index contributed by atoms with van der Waals surface area (Å²) in [5.41, 5.74) is 12.1. The lowest BCUT2D eigenvalue weighted by Gasteiger charge is -2.15. The molecular formula is C32H24N2O5S. The molecule has 2 amide bonds. The Morgan fingerprint density at radius 2 is 1.60 bits per heavy atom. The van der Waals surface area contributed by atoms with Gasteiger partial charge in [0.15, 0.2) is 12.4 Å². The van der Waals surface area contributed by atoms with Crippen LogP contribution in [0.5, 0.6) is 0 Å². The average Bonchev–Trinajstić information content (AvgIpc) is 3.47. The summed E-state index contributed by atoms with van der Waals surface area (Å²) in [5.74, 6) is -1.59. The maximum absolute atomic E-state index is 13.0. The summed E-state index contributed by atoms with van der Waals surface area (Å²) < 4.78 is 5.28. The zero-order valence-electron chi connectivity index (χ0n) is 21.3. The van der Waals surface area contributed by atoms with E-state index < -0.39 is 17.8 Å². The second kappa shape index (κ2) is 10.5. The van der Waals surface area contributed by atoms with Gasteiger partial charge in [0.2, 0.25) is 11.8 Å². The summed E-state index contributed by atoms with van der Waals surface area (Å²) in [5, 5.41) is -0.557. The van der Waals surface area contributed by atoms with Crippen LogP contribution < -0.4 is 10.6 Å². The molecule has 2 aliphatic rings. The Hall–Kier alpha value is -4.69. The number of hydrogen-bond donors (Lipinski definition) is 1. The quantitative estimate of drug-likeness (QED) is 0.127. The number of thioether (sulfide) groups is 1. The number of nitrogens with zero attached hydrogens (tertiary/aromatic N) is 1. The number of nitrogens with two attached hydrogens (primary N) is 1. The molecule has 0 aromatic heterocycles. The van der Waals surface area contributed by atoms with Crippen molar-refractivity contribution in [2.45, 2.75) is 23.0 Å². The molecule has 40 heavy (non-hydrogen) atoms. The number of fused-ring (bicyclic) bond motifs is 3. The molecule has 2 N–H and O–H groups in total. The van der Waals surface area contributed by atoms with Gasteiger partial charge >= 0.3 is 5.97 Å². The Labute approximate surface area is 234 Å².